The highest BCUT2D eigenvalue weighted by molar-refractivity contribution is 5.80. The smallest absolute Gasteiger partial charge is 0.0991 e. The molecule has 0 unspecified atom stereocenters. The van der Waals surface area contributed by atoms with Crippen molar-refractivity contribution >= 4 is 17.5 Å². The Morgan fingerprint density at radius 1 is 1.50 bits per heavy atom. The average molecular weight is 210 g/mol. The number of benzene rings is 1. The van der Waals surface area contributed by atoms with Crippen LogP contribution in [-0.4, -0.2) is 6.21 Å². The lowest BCUT2D eigenvalue weighted by molar-refractivity contribution is 1.43. The molecule has 16 heavy (non-hydrogen) atoms. The normalized spacial score (nSPS) is 10.8. The van der Waals surface area contributed by atoms with Gasteiger partial charge in [0.15, 0.2) is 0 Å². The van der Waals surface area contributed by atoms with Crippen LogP contribution in [0.15, 0.2) is 41.9 Å². The number of aliphatic imine (C=N–C) groups is 1. The summed E-state index contributed by atoms with van der Waals surface area (Å²) in [6.45, 7) is 7.73. The number of nitriles is 1. The zero-order valence-electron chi connectivity index (χ0n) is 9.57. The maximum Gasteiger partial charge on any atom is 0.0991 e. The quantitative estimate of drug-likeness (QED) is 0.697. The molecule has 0 aromatic heterocycles. The Morgan fingerprint density at radius 3 is 2.81 bits per heavy atom. The van der Waals surface area contributed by atoms with Crippen LogP contribution in [0, 0.1) is 11.3 Å². The third-order valence-electron chi connectivity index (χ3n) is 2.08. The number of nitrogens with zero attached hydrogens (tertiary/aromatic N) is 2. The second-order valence-electron chi connectivity index (χ2n) is 3.43. The van der Waals surface area contributed by atoms with Crippen molar-refractivity contribution in [2.24, 2.45) is 4.99 Å². The number of hydrogen-bond donors (Lipinski definition) is 0. The molecule has 0 saturated heterocycles. The van der Waals surface area contributed by atoms with Gasteiger partial charge in [-0.2, -0.15) is 5.26 Å². The van der Waals surface area contributed by atoms with Crippen molar-refractivity contribution in [3.8, 4) is 6.07 Å². The number of allylic oxidation sites excluding steroid dienone is 3. The molecule has 0 aliphatic carbocycles. The highest BCUT2D eigenvalue weighted by atomic mass is 14.7. The molecule has 0 bridgehead atoms. The lowest BCUT2D eigenvalue weighted by Gasteiger charge is -2.04. The van der Waals surface area contributed by atoms with E-state index in [1.54, 1.807) is 12.3 Å². The van der Waals surface area contributed by atoms with E-state index in [1.165, 1.54) is 0 Å². The van der Waals surface area contributed by atoms with E-state index in [-0.39, 0.29) is 0 Å². The zero-order chi connectivity index (χ0) is 12.0. The molecule has 1 aromatic carbocycles. The van der Waals surface area contributed by atoms with E-state index in [0.717, 1.165) is 16.8 Å². The van der Waals surface area contributed by atoms with E-state index in [0.29, 0.717) is 5.56 Å². The molecule has 2 nitrogen and oxygen atoms in total. The lowest BCUT2D eigenvalue weighted by Crippen LogP contribution is -1.83. The first kappa shape index (κ1) is 11.9. The van der Waals surface area contributed by atoms with Crippen LogP contribution < -0.4 is 0 Å². The molecule has 0 aliphatic rings. The molecule has 1 rings (SSSR count). The Kier molecular flexibility index (Phi) is 4.23. The lowest BCUT2D eigenvalue weighted by atomic mass is 10.0. The number of hydrogen-bond acceptors (Lipinski definition) is 2. The van der Waals surface area contributed by atoms with Crippen LogP contribution in [0.3, 0.4) is 0 Å². The first-order valence-electron chi connectivity index (χ1n) is 5.04. The summed E-state index contributed by atoms with van der Waals surface area (Å²) < 4.78 is 0. The SMILES string of the molecule is C=C(C)c1cc(C#N)ccc1N=C/C=C\C. The third-order valence-corrected chi connectivity index (χ3v) is 2.08. The van der Waals surface area contributed by atoms with Crippen LogP contribution in [0.5, 0.6) is 0 Å². The fraction of sp³-hybridized carbons (Fsp3) is 0.143. The summed E-state index contributed by atoms with van der Waals surface area (Å²) in [6, 6.07) is 7.51. The summed E-state index contributed by atoms with van der Waals surface area (Å²) in [5.74, 6) is 0. The van der Waals surface area contributed by atoms with Gasteiger partial charge >= 0.3 is 0 Å². The first-order valence-corrected chi connectivity index (χ1v) is 5.04. The monoisotopic (exact) mass is 210 g/mol. The summed E-state index contributed by atoms with van der Waals surface area (Å²) in [7, 11) is 0. The molecule has 2 heteroatoms. The summed E-state index contributed by atoms with van der Waals surface area (Å²) in [6.07, 6.45) is 5.50. The zero-order valence-corrected chi connectivity index (χ0v) is 9.57. The minimum Gasteiger partial charge on any atom is -0.256 e. The average Bonchev–Trinajstić information content (AvgIpc) is 2.29. The van der Waals surface area contributed by atoms with E-state index < -0.39 is 0 Å². The molecule has 0 radical (unpaired) electrons. The van der Waals surface area contributed by atoms with Crippen molar-refractivity contribution in [1.82, 2.24) is 0 Å². The van der Waals surface area contributed by atoms with E-state index in [2.05, 4.69) is 17.6 Å². The molecule has 0 fully saturated rings. The van der Waals surface area contributed by atoms with Crippen molar-refractivity contribution < 1.29 is 0 Å². The first-order chi connectivity index (χ1) is 7.69. The van der Waals surface area contributed by atoms with Gasteiger partial charge in [-0.3, -0.25) is 4.99 Å². The molecule has 1 aromatic rings. The van der Waals surface area contributed by atoms with Crippen LogP contribution in [-0.2, 0) is 0 Å². The van der Waals surface area contributed by atoms with Crippen LogP contribution in [0.1, 0.15) is 25.0 Å². The fourth-order valence-electron chi connectivity index (χ4n) is 1.27. The van der Waals surface area contributed by atoms with Gasteiger partial charge in [0.1, 0.15) is 0 Å². The summed E-state index contributed by atoms with van der Waals surface area (Å²) >= 11 is 0. The number of rotatable bonds is 3. The van der Waals surface area contributed by atoms with Crippen LogP contribution >= 0.6 is 0 Å². The maximum atomic E-state index is 8.82. The van der Waals surface area contributed by atoms with Gasteiger partial charge in [-0.15, -0.1) is 0 Å². The molecule has 0 spiro atoms. The topological polar surface area (TPSA) is 36.1 Å². The Labute approximate surface area is 96.3 Å². The highest BCUT2D eigenvalue weighted by Gasteiger charge is 2.02. The molecule has 0 aliphatic heterocycles. The van der Waals surface area contributed by atoms with Gasteiger partial charge in [-0.1, -0.05) is 12.7 Å². The fourth-order valence-corrected chi connectivity index (χ4v) is 1.27. The largest absolute Gasteiger partial charge is 0.256 e. The summed E-state index contributed by atoms with van der Waals surface area (Å²) in [4.78, 5) is 4.31. The third kappa shape index (κ3) is 2.93. The minimum absolute atomic E-state index is 0.628. The van der Waals surface area contributed by atoms with Gasteiger partial charge in [0.2, 0.25) is 0 Å². The molecule has 80 valence electrons. The van der Waals surface area contributed by atoms with Crippen molar-refractivity contribution in [2.75, 3.05) is 0 Å². The van der Waals surface area contributed by atoms with E-state index in [4.69, 9.17) is 5.26 Å². The molecule has 0 saturated carbocycles. The van der Waals surface area contributed by atoms with Crippen molar-refractivity contribution in [3.05, 3.63) is 48.1 Å². The van der Waals surface area contributed by atoms with E-state index >= 15 is 0 Å². The maximum absolute atomic E-state index is 8.82. The molecule has 0 heterocycles. The van der Waals surface area contributed by atoms with Gasteiger partial charge in [0, 0.05) is 11.8 Å². The second kappa shape index (κ2) is 5.67. The van der Waals surface area contributed by atoms with E-state index in [1.807, 2.05) is 38.1 Å². The predicted octanol–water partition coefficient (Wildman–Crippen LogP) is 3.87. The molecular weight excluding hydrogens is 196 g/mol. The van der Waals surface area contributed by atoms with Gasteiger partial charge in [-0.05, 0) is 43.7 Å². The Morgan fingerprint density at radius 2 is 2.25 bits per heavy atom. The second-order valence-corrected chi connectivity index (χ2v) is 3.43. The predicted molar refractivity (Wildman–Crippen MR) is 68.8 cm³/mol. The van der Waals surface area contributed by atoms with Gasteiger partial charge in [0.05, 0.1) is 17.3 Å². The van der Waals surface area contributed by atoms with Crippen molar-refractivity contribution in [2.45, 2.75) is 13.8 Å². The molecule has 0 atom stereocenters. The highest BCUT2D eigenvalue weighted by Crippen LogP contribution is 2.26. The van der Waals surface area contributed by atoms with Crippen LogP contribution in [0.4, 0.5) is 5.69 Å². The Bertz CT molecular complexity index is 488. The van der Waals surface area contributed by atoms with Crippen LogP contribution in [0.2, 0.25) is 0 Å². The van der Waals surface area contributed by atoms with E-state index in [9.17, 15) is 0 Å². The van der Waals surface area contributed by atoms with Gasteiger partial charge < -0.3 is 0 Å². The van der Waals surface area contributed by atoms with Gasteiger partial charge in [0.25, 0.3) is 0 Å². The minimum atomic E-state index is 0.628. The standard InChI is InChI=1S/C14H14N2/c1-4-5-8-16-14-7-6-12(10-15)9-13(14)11(2)3/h4-9H,2H2,1,3H3/b5-4-,16-8?. The summed E-state index contributed by atoms with van der Waals surface area (Å²) in [5, 5.41) is 8.82. The van der Waals surface area contributed by atoms with Crippen molar-refractivity contribution in [1.29, 1.82) is 5.26 Å². The van der Waals surface area contributed by atoms with Crippen molar-refractivity contribution in [3.63, 3.8) is 0 Å². The Balaban J connectivity index is 3.19. The molecule has 0 amide bonds. The molecule has 0 N–H and O–H groups in total. The van der Waals surface area contributed by atoms with Crippen LogP contribution in [0.25, 0.3) is 5.57 Å². The van der Waals surface area contributed by atoms with Gasteiger partial charge in [-0.25, -0.2) is 0 Å². The Hall–Kier alpha value is -2.14. The summed E-state index contributed by atoms with van der Waals surface area (Å²) in [5.41, 5.74) is 3.29. The molecular formula is C14H14N2.